The Kier molecular flexibility index (Phi) is 8.39. The van der Waals surface area contributed by atoms with E-state index in [9.17, 15) is 19.2 Å². The SMILES string of the molecule is CC(C)C[C@@H](NC(=O)C(C)(C)N)C(=O)NC1Cc2cccc(N3CCCC3=O)c2N(Cc2ccccc2)C1=O. The number of carbonyl (C=O) groups excluding carboxylic acids is 4. The number of hydrogen-bond donors (Lipinski definition) is 3. The van der Waals surface area contributed by atoms with Crippen LogP contribution in [0.3, 0.4) is 0 Å². The highest BCUT2D eigenvalue weighted by Gasteiger charge is 2.39. The molecule has 2 aromatic rings. The first kappa shape index (κ1) is 28.3. The van der Waals surface area contributed by atoms with Crippen molar-refractivity contribution in [2.45, 2.75) is 77.5 Å². The number of amides is 4. The third kappa shape index (κ3) is 6.47. The van der Waals surface area contributed by atoms with E-state index in [1.807, 2.05) is 62.4 Å². The summed E-state index contributed by atoms with van der Waals surface area (Å²) in [4.78, 5) is 56.2. The average molecular weight is 534 g/mol. The lowest BCUT2D eigenvalue weighted by Gasteiger charge is -2.38. The number of nitrogens with zero attached hydrogens (tertiary/aromatic N) is 2. The number of rotatable bonds is 9. The van der Waals surface area contributed by atoms with Crippen LogP contribution in [0.15, 0.2) is 48.5 Å². The predicted molar refractivity (Wildman–Crippen MR) is 151 cm³/mol. The van der Waals surface area contributed by atoms with Gasteiger partial charge in [-0.05, 0) is 49.8 Å². The number of nitrogens with two attached hydrogens (primary N) is 1. The third-order valence-electron chi connectivity index (χ3n) is 7.13. The lowest BCUT2D eigenvalue weighted by molar-refractivity contribution is -0.133. The Morgan fingerprint density at radius 1 is 1.08 bits per heavy atom. The van der Waals surface area contributed by atoms with Gasteiger partial charge in [-0.1, -0.05) is 56.3 Å². The fourth-order valence-corrected chi connectivity index (χ4v) is 5.14. The topological polar surface area (TPSA) is 125 Å². The summed E-state index contributed by atoms with van der Waals surface area (Å²) < 4.78 is 0. The number of carbonyl (C=O) groups is 4. The highest BCUT2D eigenvalue weighted by Crippen LogP contribution is 2.40. The van der Waals surface area contributed by atoms with Gasteiger partial charge in [0.1, 0.15) is 12.1 Å². The van der Waals surface area contributed by atoms with Gasteiger partial charge in [-0.25, -0.2) is 0 Å². The van der Waals surface area contributed by atoms with Crippen LogP contribution in [0.4, 0.5) is 11.4 Å². The minimum atomic E-state index is -1.15. The lowest BCUT2D eigenvalue weighted by atomic mass is 9.94. The second-order valence-corrected chi connectivity index (χ2v) is 11.5. The molecule has 39 heavy (non-hydrogen) atoms. The summed E-state index contributed by atoms with van der Waals surface area (Å²) in [6.45, 7) is 7.99. The van der Waals surface area contributed by atoms with Gasteiger partial charge in [0.2, 0.25) is 23.6 Å². The Morgan fingerprint density at radius 3 is 2.41 bits per heavy atom. The summed E-state index contributed by atoms with van der Waals surface area (Å²) >= 11 is 0. The van der Waals surface area contributed by atoms with Crippen LogP contribution < -0.4 is 26.2 Å². The van der Waals surface area contributed by atoms with E-state index in [-0.39, 0.29) is 24.2 Å². The summed E-state index contributed by atoms with van der Waals surface area (Å²) in [5.41, 5.74) is 8.05. The molecule has 2 aliphatic heterocycles. The van der Waals surface area contributed by atoms with Crippen molar-refractivity contribution in [2.75, 3.05) is 16.3 Å². The summed E-state index contributed by atoms with van der Waals surface area (Å²) in [5.74, 6) is -0.948. The fraction of sp³-hybridized carbons (Fsp3) is 0.467. The van der Waals surface area contributed by atoms with E-state index in [0.29, 0.717) is 31.6 Å². The Labute approximate surface area is 230 Å². The molecule has 2 heterocycles. The molecule has 1 fully saturated rings. The molecule has 2 aromatic carbocycles. The van der Waals surface area contributed by atoms with Gasteiger partial charge in [-0.3, -0.25) is 19.2 Å². The summed E-state index contributed by atoms with van der Waals surface area (Å²) in [6.07, 6.45) is 1.94. The molecule has 2 atom stereocenters. The number of hydrogen-bond acceptors (Lipinski definition) is 5. The van der Waals surface area contributed by atoms with Crippen LogP contribution in [-0.2, 0) is 32.1 Å². The van der Waals surface area contributed by atoms with E-state index in [4.69, 9.17) is 5.73 Å². The van der Waals surface area contributed by atoms with Crippen molar-refractivity contribution in [3.8, 4) is 0 Å². The Bertz CT molecular complexity index is 1240. The normalized spacial score (nSPS) is 18.3. The van der Waals surface area contributed by atoms with Gasteiger partial charge in [0, 0.05) is 19.4 Å². The second-order valence-electron chi connectivity index (χ2n) is 11.5. The molecule has 0 aromatic heterocycles. The van der Waals surface area contributed by atoms with Crippen LogP contribution in [0.25, 0.3) is 0 Å². The van der Waals surface area contributed by atoms with E-state index in [1.54, 1.807) is 23.6 Å². The van der Waals surface area contributed by atoms with Gasteiger partial charge < -0.3 is 26.2 Å². The molecule has 0 bridgehead atoms. The zero-order chi connectivity index (χ0) is 28.3. The molecular weight excluding hydrogens is 494 g/mol. The van der Waals surface area contributed by atoms with Crippen LogP contribution in [0.5, 0.6) is 0 Å². The maximum Gasteiger partial charge on any atom is 0.250 e. The van der Waals surface area contributed by atoms with E-state index < -0.39 is 29.4 Å². The Morgan fingerprint density at radius 2 is 1.79 bits per heavy atom. The van der Waals surface area contributed by atoms with Crippen LogP contribution in [0.1, 0.15) is 58.1 Å². The number of anilines is 2. The van der Waals surface area contributed by atoms with Crippen molar-refractivity contribution in [1.29, 1.82) is 0 Å². The van der Waals surface area contributed by atoms with Crippen LogP contribution >= 0.6 is 0 Å². The zero-order valence-electron chi connectivity index (χ0n) is 23.2. The molecule has 4 N–H and O–H groups in total. The van der Waals surface area contributed by atoms with Gasteiger partial charge in [0.05, 0.1) is 23.5 Å². The third-order valence-corrected chi connectivity index (χ3v) is 7.13. The van der Waals surface area contributed by atoms with Gasteiger partial charge in [-0.2, -0.15) is 0 Å². The first-order valence-corrected chi connectivity index (χ1v) is 13.6. The first-order chi connectivity index (χ1) is 18.5. The Hall–Kier alpha value is -3.72. The van der Waals surface area contributed by atoms with Crippen LogP contribution in [0, 0.1) is 5.92 Å². The summed E-state index contributed by atoms with van der Waals surface area (Å²) in [6, 6.07) is 13.7. The molecule has 0 aliphatic carbocycles. The minimum Gasteiger partial charge on any atom is -0.343 e. The monoisotopic (exact) mass is 533 g/mol. The number of benzene rings is 2. The molecule has 1 saturated heterocycles. The van der Waals surface area contributed by atoms with Gasteiger partial charge in [0.25, 0.3) is 0 Å². The van der Waals surface area contributed by atoms with Crippen molar-refractivity contribution in [2.24, 2.45) is 11.7 Å². The second kappa shape index (κ2) is 11.6. The lowest BCUT2D eigenvalue weighted by Crippen LogP contribution is -2.59. The maximum absolute atomic E-state index is 14.0. The van der Waals surface area contributed by atoms with E-state index >= 15 is 0 Å². The van der Waals surface area contributed by atoms with Gasteiger partial charge in [0.15, 0.2) is 0 Å². The van der Waals surface area contributed by atoms with Gasteiger partial charge >= 0.3 is 0 Å². The van der Waals surface area contributed by atoms with Crippen molar-refractivity contribution >= 4 is 35.0 Å². The minimum absolute atomic E-state index is 0.0426. The first-order valence-electron chi connectivity index (χ1n) is 13.6. The van der Waals surface area contributed by atoms with E-state index in [2.05, 4.69) is 10.6 Å². The molecule has 9 heteroatoms. The molecule has 2 aliphatic rings. The maximum atomic E-state index is 14.0. The highest BCUT2D eigenvalue weighted by molar-refractivity contribution is 6.08. The standard InChI is InChI=1S/C30H39N5O4/c1-19(2)16-22(33-29(39)30(3,4)31)27(37)32-23-17-21-12-8-13-24(34-15-9-14-25(34)36)26(21)35(28(23)38)18-20-10-6-5-7-11-20/h5-8,10-13,19,22-23H,9,14-18,31H2,1-4H3,(H,32,37)(H,33,39)/t22-,23?/m1/s1. The fourth-order valence-electron chi connectivity index (χ4n) is 5.14. The number of fused-ring (bicyclic) bond motifs is 1. The number of nitrogens with one attached hydrogen (secondary N) is 2. The highest BCUT2D eigenvalue weighted by atomic mass is 16.2. The molecule has 4 rings (SSSR count). The van der Waals surface area contributed by atoms with E-state index in [0.717, 1.165) is 23.2 Å². The molecule has 0 radical (unpaired) electrons. The molecule has 0 spiro atoms. The zero-order valence-corrected chi connectivity index (χ0v) is 23.2. The van der Waals surface area contributed by atoms with Crippen molar-refractivity contribution in [3.63, 3.8) is 0 Å². The van der Waals surface area contributed by atoms with E-state index in [1.165, 1.54) is 0 Å². The van der Waals surface area contributed by atoms with Crippen LogP contribution in [0.2, 0.25) is 0 Å². The largest absolute Gasteiger partial charge is 0.343 e. The predicted octanol–water partition coefficient (Wildman–Crippen LogP) is 2.66. The quantitative estimate of drug-likeness (QED) is 0.457. The smallest absolute Gasteiger partial charge is 0.250 e. The average Bonchev–Trinajstić information content (AvgIpc) is 3.31. The summed E-state index contributed by atoms with van der Waals surface area (Å²) in [5, 5.41) is 5.69. The molecule has 208 valence electrons. The molecule has 4 amide bonds. The number of para-hydroxylation sites is 1. The molecular formula is C30H39N5O4. The van der Waals surface area contributed by atoms with Crippen molar-refractivity contribution in [3.05, 3.63) is 59.7 Å². The van der Waals surface area contributed by atoms with Crippen molar-refractivity contribution in [1.82, 2.24) is 10.6 Å². The molecule has 1 unspecified atom stereocenters. The molecule has 0 saturated carbocycles. The van der Waals surface area contributed by atoms with Crippen molar-refractivity contribution < 1.29 is 19.2 Å². The Balaban J connectivity index is 1.66. The van der Waals surface area contributed by atoms with Crippen LogP contribution in [-0.4, -0.2) is 47.8 Å². The van der Waals surface area contributed by atoms with Gasteiger partial charge in [-0.15, -0.1) is 0 Å². The molecule has 9 nitrogen and oxygen atoms in total. The summed E-state index contributed by atoms with van der Waals surface area (Å²) in [7, 11) is 0.